The van der Waals surface area contributed by atoms with Crippen LogP contribution in [0.1, 0.15) is 12.0 Å². The Morgan fingerprint density at radius 3 is 1.73 bits per heavy atom. The number of carbonyl (C=O) groups excluding carboxylic acids is 1. The summed E-state index contributed by atoms with van der Waals surface area (Å²) in [5.41, 5.74) is 1.32. The van der Waals surface area contributed by atoms with Crippen LogP contribution in [0.15, 0.2) is 30.3 Å². The predicted octanol–water partition coefficient (Wildman–Crippen LogP) is 1.76. The Hall–Kier alpha value is -1.35. The van der Waals surface area contributed by atoms with Crippen LogP contribution in [-0.4, -0.2) is 26.7 Å². The largest absolute Gasteiger partial charge is 0.388 e. The summed E-state index contributed by atoms with van der Waals surface area (Å²) in [7, 11) is 3.25. The lowest BCUT2D eigenvalue weighted by Gasteiger charge is -2.10. The van der Waals surface area contributed by atoms with Crippen LogP contribution in [0.5, 0.6) is 0 Å². The number of benzene rings is 1. The third-order valence-electron chi connectivity index (χ3n) is 1.61. The molecule has 1 fully saturated rings. The molecule has 0 saturated carbocycles. The highest BCUT2D eigenvalue weighted by Gasteiger charge is 2.07. The number of ether oxygens (including phenoxy) is 1. The summed E-state index contributed by atoms with van der Waals surface area (Å²) in [6.45, 7) is 2.97. The van der Waals surface area contributed by atoms with E-state index in [9.17, 15) is 4.79 Å². The molecular formula is C12H19NO2. The number of nitrogens with one attached hydrogen (secondary N) is 1. The molecule has 0 radical (unpaired) electrons. The van der Waals surface area contributed by atoms with E-state index in [-0.39, 0.29) is 5.91 Å². The van der Waals surface area contributed by atoms with E-state index in [0.29, 0.717) is 0 Å². The van der Waals surface area contributed by atoms with E-state index in [1.54, 1.807) is 14.2 Å². The molecule has 84 valence electrons. The molecule has 0 spiro atoms. The molecule has 0 atom stereocenters. The molecule has 1 aliphatic rings. The second-order valence-electron chi connectivity index (χ2n) is 3.16. The van der Waals surface area contributed by atoms with Gasteiger partial charge in [-0.05, 0) is 6.92 Å². The Kier molecular flexibility index (Phi) is 8.39. The highest BCUT2D eigenvalue weighted by atomic mass is 16.4. The molecule has 15 heavy (non-hydrogen) atoms. The quantitative estimate of drug-likeness (QED) is 0.661. The Bertz CT molecular complexity index is 254. The van der Waals surface area contributed by atoms with E-state index in [1.807, 2.05) is 18.2 Å². The molecule has 1 amide bonds. The molecule has 1 heterocycles. The topological polar surface area (TPSA) is 38.3 Å². The van der Waals surface area contributed by atoms with Crippen molar-refractivity contribution in [2.45, 2.75) is 13.3 Å². The van der Waals surface area contributed by atoms with Crippen LogP contribution in [0.25, 0.3) is 0 Å². The van der Waals surface area contributed by atoms with Gasteiger partial charge in [-0.15, -0.1) is 0 Å². The zero-order chi connectivity index (χ0) is 11.5. The van der Waals surface area contributed by atoms with Crippen molar-refractivity contribution in [2.75, 3.05) is 20.8 Å². The van der Waals surface area contributed by atoms with Crippen molar-refractivity contribution in [3.05, 3.63) is 35.9 Å². The summed E-state index contributed by atoms with van der Waals surface area (Å²) in [6.07, 6.45) is 0.736. The number of aryl methyl sites for hydroxylation is 1. The number of hydrogen-bond donors (Lipinski definition) is 1. The predicted molar refractivity (Wildman–Crippen MR) is 61.7 cm³/mol. The number of carbonyl (C=O) groups is 1. The first-order valence-electron chi connectivity index (χ1n) is 4.89. The van der Waals surface area contributed by atoms with Gasteiger partial charge in [-0.25, -0.2) is 0 Å². The van der Waals surface area contributed by atoms with Gasteiger partial charge in [0.25, 0.3) is 0 Å². The lowest BCUT2D eigenvalue weighted by molar-refractivity contribution is -0.125. The maximum atomic E-state index is 9.79. The van der Waals surface area contributed by atoms with Crippen molar-refractivity contribution in [1.29, 1.82) is 0 Å². The summed E-state index contributed by atoms with van der Waals surface area (Å²) in [5.74, 6) is 0.185. The molecule has 1 aliphatic heterocycles. The second-order valence-corrected chi connectivity index (χ2v) is 3.16. The molecule has 3 heteroatoms. The second kappa shape index (κ2) is 9.21. The van der Waals surface area contributed by atoms with E-state index in [1.165, 1.54) is 5.56 Å². The first-order valence-corrected chi connectivity index (χ1v) is 4.89. The Morgan fingerprint density at radius 1 is 1.20 bits per heavy atom. The average molecular weight is 209 g/mol. The first kappa shape index (κ1) is 13.7. The Balaban J connectivity index is 0.000000216. The monoisotopic (exact) mass is 209 g/mol. The standard InChI is InChI=1S/C7H8.C3H5NO.C2H6O/c1-7-5-3-2-4-6-7;5-3-1-2-4-3;1-3-2/h2-6H,1H3;1-2H2,(H,4,5);1-2H3. The van der Waals surface area contributed by atoms with Gasteiger partial charge in [-0.2, -0.15) is 0 Å². The van der Waals surface area contributed by atoms with Gasteiger partial charge < -0.3 is 10.1 Å². The van der Waals surface area contributed by atoms with Gasteiger partial charge in [0, 0.05) is 27.2 Å². The third kappa shape index (κ3) is 8.97. The van der Waals surface area contributed by atoms with Gasteiger partial charge >= 0.3 is 0 Å². The minimum absolute atomic E-state index is 0.185. The van der Waals surface area contributed by atoms with Crippen LogP contribution in [0.3, 0.4) is 0 Å². The molecule has 3 nitrogen and oxygen atoms in total. The van der Waals surface area contributed by atoms with Gasteiger partial charge in [0.2, 0.25) is 5.91 Å². The fourth-order valence-corrected chi connectivity index (χ4v) is 0.761. The van der Waals surface area contributed by atoms with Gasteiger partial charge in [-0.1, -0.05) is 35.9 Å². The lowest BCUT2D eigenvalue weighted by Crippen LogP contribution is -2.37. The van der Waals surface area contributed by atoms with E-state index < -0.39 is 0 Å². The molecule has 0 aliphatic carbocycles. The average Bonchev–Trinajstić information content (AvgIpc) is 2.18. The smallest absolute Gasteiger partial charge is 0.221 e. The molecule has 1 aromatic rings. The number of β-lactam (4-membered cyclic amide) rings is 1. The van der Waals surface area contributed by atoms with Gasteiger partial charge in [-0.3, -0.25) is 4.79 Å². The molecule has 0 aromatic heterocycles. The number of amides is 1. The first-order chi connectivity index (χ1) is 7.20. The number of rotatable bonds is 0. The van der Waals surface area contributed by atoms with Crippen molar-refractivity contribution in [1.82, 2.24) is 5.32 Å². The molecule has 1 aromatic carbocycles. The van der Waals surface area contributed by atoms with Crippen LogP contribution in [0.2, 0.25) is 0 Å². The minimum atomic E-state index is 0.185. The zero-order valence-electron chi connectivity index (χ0n) is 9.62. The van der Waals surface area contributed by atoms with Crippen molar-refractivity contribution in [3.8, 4) is 0 Å². The van der Waals surface area contributed by atoms with Crippen molar-refractivity contribution in [2.24, 2.45) is 0 Å². The van der Waals surface area contributed by atoms with Gasteiger partial charge in [0.15, 0.2) is 0 Å². The van der Waals surface area contributed by atoms with Crippen molar-refractivity contribution < 1.29 is 9.53 Å². The summed E-state index contributed by atoms with van der Waals surface area (Å²) >= 11 is 0. The Morgan fingerprint density at radius 2 is 1.60 bits per heavy atom. The van der Waals surface area contributed by atoms with Crippen LogP contribution < -0.4 is 5.32 Å². The molecule has 1 saturated heterocycles. The third-order valence-corrected chi connectivity index (χ3v) is 1.61. The lowest BCUT2D eigenvalue weighted by atomic mass is 10.2. The van der Waals surface area contributed by atoms with Gasteiger partial charge in [0.1, 0.15) is 0 Å². The fraction of sp³-hybridized carbons (Fsp3) is 0.417. The molecule has 2 rings (SSSR count). The highest BCUT2D eigenvalue weighted by molar-refractivity contribution is 5.81. The zero-order valence-corrected chi connectivity index (χ0v) is 9.62. The summed E-state index contributed by atoms with van der Waals surface area (Å²) in [5, 5.41) is 2.57. The van der Waals surface area contributed by atoms with E-state index in [4.69, 9.17) is 0 Å². The van der Waals surface area contributed by atoms with E-state index >= 15 is 0 Å². The SMILES string of the molecule is COC.Cc1ccccc1.O=C1CCN1. The minimum Gasteiger partial charge on any atom is -0.388 e. The van der Waals surface area contributed by atoms with Crippen molar-refractivity contribution in [3.63, 3.8) is 0 Å². The molecule has 0 bridgehead atoms. The van der Waals surface area contributed by atoms with E-state index in [2.05, 4.69) is 29.1 Å². The Labute approximate surface area is 91.5 Å². The van der Waals surface area contributed by atoms with Crippen LogP contribution >= 0.6 is 0 Å². The summed E-state index contributed by atoms with van der Waals surface area (Å²) in [6, 6.07) is 10.3. The molecule has 1 N–H and O–H groups in total. The summed E-state index contributed by atoms with van der Waals surface area (Å²) in [4.78, 5) is 9.79. The van der Waals surface area contributed by atoms with E-state index in [0.717, 1.165) is 13.0 Å². The normalized spacial score (nSPS) is 12.1. The maximum absolute atomic E-state index is 9.79. The number of hydrogen-bond acceptors (Lipinski definition) is 2. The van der Waals surface area contributed by atoms with Crippen LogP contribution in [0, 0.1) is 6.92 Å². The maximum Gasteiger partial charge on any atom is 0.221 e. The highest BCUT2D eigenvalue weighted by Crippen LogP contribution is 1.92. The molecular weight excluding hydrogens is 190 g/mol. The van der Waals surface area contributed by atoms with Crippen LogP contribution in [-0.2, 0) is 9.53 Å². The number of methoxy groups -OCH3 is 1. The van der Waals surface area contributed by atoms with Crippen molar-refractivity contribution >= 4 is 5.91 Å². The molecule has 0 unspecified atom stereocenters. The fourth-order valence-electron chi connectivity index (χ4n) is 0.761. The van der Waals surface area contributed by atoms with Gasteiger partial charge in [0.05, 0.1) is 0 Å². The van der Waals surface area contributed by atoms with Crippen LogP contribution in [0.4, 0.5) is 0 Å². The summed E-state index contributed by atoms with van der Waals surface area (Å²) < 4.78 is 4.25.